The third-order valence-electron chi connectivity index (χ3n) is 7.98. The van der Waals surface area contributed by atoms with Crippen LogP contribution in [-0.4, -0.2) is 70.4 Å². The maximum Gasteiger partial charge on any atom is 0.317 e. The number of carbonyl (C=O) groups excluding carboxylic acids is 2. The number of hydrogen-bond acceptors (Lipinski definition) is 3. The number of nitrogens with zero attached hydrogens (tertiary/aromatic N) is 1. The monoisotopic (exact) mass is 445 g/mol. The predicted molar refractivity (Wildman–Crippen MR) is 134 cm³/mol. The molecule has 3 amide bonds. The van der Waals surface area contributed by atoms with Crippen LogP contribution in [0.5, 0.6) is 0 Å². The standard InChI is InChI=1S/C24H45B2N3O3/c1-2-3-10-19(26-24(25)13-7-5-4-6-8-14-24)11-9-15-27-23(31)29-16-12-21-20(17-29)28-22(30)18-32-21/h19-21,26H,2-18,25H2,1H3,(H,27,31)(H,28,30)/t19?,20-,21-/m1/s1. The zero-order chi connectivity index (χ0) is 22.8. The molecule has 2 saturated heterocycles. The average molecular weight is 445 g/mol. The Balaban J connectivity index is 1.40. The Kier molecular flexibility index (Phi) is 10.3. The minimum Gasteiger partial charge on any atom is -0.366 e. The van der Waals surface area contributed by atoms with Gasteiger partial charge in [-0.2, -0.15) is 0 Å². The Hall–Kier alpha value is -1.17. The molecule has 0 radical (unpaired) electrons. The van der Waals surface area contributed by atoms with Crippen molar-refractivity contribution in [2.45, 2.75) is 114 Å². The molecule has 3 aliphatic rings. The summed E-state index contributed by atoms with van der Waals surface area (Å²) in [4.78, 5) is 26.1. The van der Waals surface area contributed by atoms with Crippen molar-refractivity contribution in [1.82, 2.24) is 15.5 Å². The molecule has 8 heteroatoms. The normalized spacial score (nSPS) is 26.8. The van der Waals surface area contributed by atoms with Gasteiger partial charge >= 0.3 is 6.03 Å². The number of ether oxygens (including phenoxy) is 1. The van der Waals surface area contributed by atoms with E-state index in [1.807, 2.05) is 4.90 Å². The summed E-state index contributed by atoms with van der Waals surface area (Å²) in [6.45, 7) is 4.41. The topological polar surface area (TPSA) is 70.7 Å². The molecule has 180 valence electrons. The number of unbranched alkanes of at least 4 members (excludes halogenated alkanes) is 1. The van der Waals surface area contributed by atoms with Crippen molar-refractivity contribution in [1.29, 1.82) is 0 Å². The molecule has 3 fully saturated rings. The van der Waals surface area contributed by atoms with E-state index in [1.165, 1.54) is 77.9 Å². The molecule has 0 aromatic heterocycles. The molecule has 0 aromatic carbocycles. The van der Waals surface area contributed by atoms with E-state index in [1.54, 1.807) is 0 Å². The third kappa shape index (κ3) is 8.00. The van der Waals surface area contributed by atoms with E-state index in [-0.39, 0.29) is 30.7 Å². The molecule has 6 nitrogen and oxygen atoms in total. The van der Waals surface area contributed by atoms with Gasteiger partial charge in [0.15, 0.2) is 0 Å². The zero-order valence-corrected chi connectivity index (χ0v) is 20.6. The molecular formula is C24H45B2N3O3. The van der Waals surface area contributed by atoms with Crippen LogP contribution >= 0.6 is 0 Å². The van der Waals surface area contributed by atoms with Gasteiger partial charge in [-0.15, -0.1) is 0 Å². The largest absolute Gasteiger partial charge is 0.366 e. The number of piperidine rings is 1. The van der Waals surface area contributed by atoms with Gasteiger partial charge < -0.3 is 20.3 Å². The highest BCUT2D eigenvalue weighted by Gasteiger charge is 2.36. The van der Waals surface area contributed by atoms with Crippen LogP contribution in [0.15, 0.2) is 0 Å². The predicted octanol–water partition coefficient (Wildman–Crippen LogP) is 2.97. The number of amides is 3. The van der Waals surface area contributed by atoms with E-state index < -0.39 is 0 Å². The van der Waals surface area contributed by atoms with E-state index in [0.717, 1.165) is 25.2 Å². The number of fused-ring (bicyclic) bond motifs is 1. The van der Waals surface area contributed by atoms with Crippen LogP contribution in [0.1, 0.15) is 90.4 Å². The number of hydrogen-bond donors (Lipinski definition) is 2. The molecule has 1 aliphatic carbocycles. The molecule has 0 spiro atoms. The highest BCUT2D eigenvalue weighted by molar-refractivity contribution is 6.55. The quantitative estimate of drug-likeness (QED) is 0.424. The van der Waals surface area contributed by atoms with Crippen LogP contribution in [0.3, 0.4) is 0 Å². The van der Waals surface area contributed by atoms with Gasteiger partial charge in [0.25, 0.3) is 0 Å². The number of urea groups is 1. The van der Waals surface area contributed by atoms with Crippen LogP contribution in [0.4, 0.5) is 4.79 Å². The Morgan fingerprint density at radius 3 is 2.72 bits per heavy atom. The number of nitrogens with one attached hydrogen (secondary N) is 2. The summed E-state index contributed by atoms with van der Waals surface area (Å²) in [5.41, 5.74) is 0. The van der Waals surface area contributed by atoms with Crippen LogP contribution < -0.4 is 10.6 Å². The number of morpholine rings is 1. The lowest BCUT2D eigenvalue weighted by Crippen LogP contribution is -2.62. The first-order valence-electron chi connectivity index (χ1n) is 13.4. The maximum atomic E-state index is 12.7. The molecule has 3 atom stereocenters. The van der Waals surface area contributed by atoms with E-state index in [9.17, 15) is 9.59 Å². The van der Waals surface area contributed by atoms with Crippen molar-refractivity contribution in [3.8, 4) is 0 Å². The average Bonchev–Trinajstić information content (AvgIpc) is 2.77. The third-order valence-corrected chi connectivity index (χ3v) is 7.98. The molecule has 2 N–H and O–H groups in total. The van der Waals surface area contributed by atoms with Crippen LogP contribution in [-0.2, 0) is 9.53 Å². The van der Waals surface area contributed by atoms with Gasteiger partial charge in [-0.25, -0.2) is 4.79 Å². The van der Waals surface area contributed by atoms with Gasteiger partial charge in [-0.1, -0.05) is 88.6 Å². The van der Waals surface area contributed by atoms with E-state index in [4.69, 9.17) is 4.74 Å². The molecule has 0 aromatic rings. The first-order chi connectivity index (χ1) is 15.5. The van der Waals surface area contributed by atoms with Gasteiger partial charge in [0.1, 0.15) is 13.9 Å². The summed E-state index contributed by atoms with van der Waals surface area (Å²) in [7, 11) is 3.90. The minimum atomic E-state index is -0.0791. The smallest absolute Gasteiger partial charge is 0.317 e. The summed E-state index contributed by atoms with van der Waals surface area (Å²) in [5, 5.41) is 6.62. The Bertz CT molecular complexity index is 599. The van der Waals surface area contributed by atoms with Gasteiger partial charge in [-0.3, -0.25) is 4.79 Å². The highest BCUT2D eigenvalue weighted by Crippen LogP contribution is 2.41. The minimum absolute atomic E-state index is 0.000334. The second-order valence-electron chi connectivity index (χ2n) is 10.9. The molecular weight excluding hydrogens is 400 g/mol. The van der Waals surface area contributed by atoms with Crippen LogP contribution in [0, 0.1) is 0 Å². The van der Waals surface area contributed by atoms with Gasteiger partial charge in [0, 0.05) is 19.6 Å². The lowest BCUT2D eigenvalue weighted by molar-refractivity contribution is -0.139. The second-order valence-corrected chi connectivity index (χ2v) is 10.9. The van der Waals surface area contributed by atoms with Crippen molar-refractivity contribution < 1.29 is 14.3 Å². The Labute approximate surface area is 197 Å². The number of rotatable bonds is 9. The van der Waals surface area contributed by atoms with Gasteiger partial charge in [0.2, 0.25) is 5.91 Å². The summed E-state index contributed by atoms with van der Waals surface area (Å²) in [6.07, 6.45) is 16.8. The Morgan fingerprint density at radius 1 is 1.25 bits per heavy atom. The molecule has 2 aliphatic heterocycles. The molecule has 3 rings (SSSR count). The summed E-state index contributed by atoms with van der Waals surface area (Å²) >= 11 is 0. The van der Waals surface area contributed by atoms with Crippen molar-refractivity contribution in [3.05, 3.63) is 0 Å². The fraction of sp³-hybridized carbons (Fsp3) is 0.917. The van der Waals surface area contributed by atoms with Crippen LogP contribution in [0.2, 0.25) is 11.0 Å². The lowest BCUT2D eigenvalue weighted by atomic mass is 9.34. The molecule has 32 heavy (non-hydrogen) atoms. The van der Waals surface area contributed by atoms with E-state index in [0.29, 0.717) is 18.3 Å². The summed E-state index contributed by atoms with van der Waals surface area (Å²) in [5.74, 6) is 0.700. The molecule has 0 bridgehead atoms. The maximum absolute atomic E-state index is 12.7. The van der Waals surface area contributed by atoms with E-state index in [2.05, 4.69) is 25.4 Å². The van der Waals surface area contributed by atoms with Crippen molar-refractivity contribution in [2.75, 3.05) is 26.2 Å². The van der Waals surface area contributed by atoms with Gasteiger partial charge in [-0.05, 0) is 12.8 Å². The SMILES string of the molecule is BC1(BC(CCCC)CCCNC(=O)N2CC[C@H]3OCC(=O)N[C@@H]3C2)CCCCCCC1. The molecule has 1 saturated carbocycles. The molecule has 1 unspecified atom stereocenters. The highest BCUT2D eigenvalue weighted by atomic mass is 16.5. The van der Waals surface area contributed by atoms with Crippen molar-refractivity contribution in [3.63, 3.8) is 0 Å². The van der Waals surface area contributed by atoms with E-state index >= 15 is 0 Å². The number of likely N-dealkylation sites (tertiary alicyclic amines) is 1. The fourth-order valence-corrected chi connectivity index (χ4v) is 6.08. The fourth-order valence-electron chi connectivity index (χ4n) is 6.08. The second kappa shape index (κ2) is 12.9. The van der Waals surface area contributed by atoms with Gasteiger partial charge in [0.05, 0.1) is 20.0 Å². The van der Waals surface area contributed by atoms with Crippen molar-refractivity contribution in [2.24, 2.45) is 0 Å². The first-order valence-corrected chi connectivity index (χ1v) is 13.4. The number of carbonyl (C=O) groups is 2. The Morgan fingerprint density at radius 2 is 1.97 bits per heavy atom. The van der Waals surface area contributed by atoms with Crippen molar-refractivity contribution >= 4 is 27.1 Å². The summed E-state index contributed by atoms with van der Waals surface area (Å²) in [6, 6.07) is -0.0703. The van der Waals surface area contributed by atoms with Crippen LogP contribution in [0.25, 0.3) is 0 Å². The zero-order valence-electron chi connectivity index (χ0n) is 20.6. The summed E-state index contributed by atoms with van der Waals surface area (Å²) < 4.78 is 5.59. The molecule has 2 heterocycles. The lowest BCUT2D eigenvalue weighted by Gasteiger charge is -2.41. The first kappa shape index (κ1) is 25.5.